The van der Waals surface area contributed by atoms with E-state index in [1.165, 1.54) is 4.68 Å². The van der Waals surface area contributed by atoms with Crippen molar-refractivity contribution in [1.82, 2.24) is 15.1 Å². The molecule has 0 aliphatic heterocycles. The molecule has 1 amide bonds. The summed E-state index contributed by atoms with van der Waals surface area (Å²) in [6, 6.07) is 7.07. The second kappa shape index (κ2) is 7.35. The van der Waals surface area contributed by atoms with Crippen molar-refractivity contribution >= 4 is 16.7 Å². The summed E-state index contributed by atoms with van der Waals surface area (Å²) < 4.78 is 1.38. The van der Waals surface area contributed by atoms with Crippen molar-refractivity contribution < 1.29 is 9.90 Å². The molecule has 2 atom stereocenters. The summed E-state index contributed by atoms with van der Waals surface area (Å²) in [4.78, 5) is 25.3. The van der Waals surface area contributed by atoms with Crippen LogP contribution in [-0.2, 0) is 6.54 Å². The Labute approximate surface area is 146 Å². The highest BCUT2D eigenvalue weighted by atomic mass is 16.3. The van der Waals surface area contributed by atoms with Crippen LogP contribution in [0.2, 0.25) is 0 Å². The molecule has 25 heavy (non-hydrogen) atoms. The summed E-state index contributed by atoms with van der Waals surface area (Å²) in [5, 5.41) is 18.2. The summed E-state index contributed by atoms with van der Waals surface area (Å²) in [6.45, 7) is 4.90. The zero-order valence-corrected chi connectivity index (χ0v) is 14.7. The van der Waals surface area contributed by atoms with Crippen LogP contribution >= 0.6 is 0 Å². The molecule has 6 heteroatoms. The molecule has 1 aromatic carbocycles. The number of aromatic nitrogens is 2. The minimum absolute atomic E-state index is 0.0942. The van der Waals surface area contributed by atoms with Crippen molar-refractivity contribution in [2.24, 2.45) is 11.8 Å². The molecule has 1 aliphatic carbocycles. The Morgan fingerprint density at radius 1 is 1.32 bits per heavy atom. The van der Waals surface area contributed by atoms with Gasteiger partial charge in [0.2, 0.25) is 0 Å². The third-order valence-corrected chi connectivity index (χ3v) is 4.76. The van der Waals surface area contributed by atoms with Crippen molar-refractivity contribution in [2.75, 3.05) is 6.54 Å². The summed E-state index contributed by atoms with van der Waals surface area (Å²) in [7, 11) is 0. The van der Waals surface area contributed by atoms with E-state index in [9.17, 15) is 14.7 Å². The van der Waals surface area contributed by atoms with Crippen LogP contribution in [0.1, 0.15) is 43.6 Å². The van der Waals surface area contributed by atoms with Crippen LogP contribution in [0.4, 0.5) is 0 Å². The average molecular weight is 343 g/mol. The average Bonchev–Trinajstić information content (AvgIpc) is 3.00. The summed E-state index contributed by atoms with van der Waals surface area (Å²) in [5.41, 5.74) is 0.0930. The summed E-state index contributed by atoms with van der Waals surface area (Å²) in [5.74, 6) is 0.0421. The molecule has 0 saturated heterocycles. The first-order chi connectivity index (χ1) is 12.0. The number of benzene rings is 1. The van der Waals surface area contributed by atoms with E-state index in [-0.39, 0.29) is 35.1 Å². The van der Waals surface area contributed by atoms with E-state index in [0.717, 1.165) is 19.3 Å². The molecule has 2 N–H and O–H groups in total. The molecule has 3 rings (SSSR count). The number of nitrogens with one attached hydrogen (secondary N) is 1. The SMILES string of the molecule is CC(C)Cn1nc(C(=O)NCC2CCCC2O)c2ccccc2c1=O. The monoisotopic (exact) mass is 343 g/mol. The number of fused-ring (bicyclic) bond motifs is 1. The van der Waals surface area contributed by atoms with E-state index in [1.807, 2.05) is 13.8 Å². The number of aliphatic hydroxyl groups is 1. The van der Waals surface area contributed by atoms with Crippen molar-refractivity contribution in [2.45, 2.75) is 45.8 Å². The number of rotatable bonds is 5. The molecule has 1 aromatic heterocycles. The molecular weight excluding hydrogens is 318 g/mol. The predicted octanol–water partition coefficient (Wildman–Crippen LogP) is 1.94. The van der Waals surface area contributed by atoms with Crippen molar-refractivity contribution in [3.05, 3.63) is 40.3 Å². The Hall–Kier alpha value is -2.21. The molecule has 1 fully saturated rings. The number of amides is 1. The van der Waals surface area contributed by atoms with Gasteiger partial charge in [0.25, 0.3) is 11.5 Å². The van der Waals surface area contributed by atoms with Gasteiger partial charge in [-0.2, -0.15) is 5.10 Å². The molecule has 0 bridgehead atoms. The maximum atomic E-state index is 12.7. The minimum atomic E-state index is -0.347. The van der Waals surface area contributed by atoms with Crippen molar-refractivity contribution in [3.8, 4) is 0 Å². The van der Waals surface area contributed by atoms with Gasteiger partial charge in [0.1, 0.15) is 0 Å². The Morgan fingerprint density at radius 3 is 2.68 bits per heavy atom. The third kappa shape index (κ3) is 3.74. The van der Waals surface area contributed by atoms with Crippen LogP contribution in [0, 0.1) is 11.8 Å². The zero-order valence-electron chi connectivity index (χ0n) is 14.7. The van der Waals surface area contributed by atoms with Crippen LogP contribution in [0.25, 0.3) is 10.8 Å². The Balaban J connectivity index is 1.92. The van der Waals surface area contributed by atoms with E-state index in [0.29, 0.717) is 23.9 Å². The van der Waals surface area contributed by atoms with Crippen LogP contribution in [0.5, 0.6) is 0 Å². The fourth-order valence-corrected chi connectivity index (χ4v) is 3.44. The Bertz CT molecular complexity index is 828. The first kappa shape index (κ1) is 17.6. The van der Waals surface area contributed by atoms with Crippen LogP contribution in [0.3, 0.4) is 0 Å². The number of hydrogen-bond acceptors (Lipinski definition) is 4. The number of carbonyl (C=O) groups is 1. The molecule has 1 heterocycles. The quantitative estimate of drug-likeness (QED) is 0.869. The van der Waals surface area contributed by atoms with E-state index in [4.69, 9.17) is 0 Å². The predicted molar refractivity (Wildman–Crippen MR) is 96.5 cm³/mol. The third-order valence-electron chi connectivity index (χ3n) is 4.76. The highest BCUT2D eigenvalue weighted by molar-refractivity contribution is 6.04. The van der Waals surface area contributed by atoms with E-state index < -0.39 is 0 Å². The molecule has 0 spiro atoms. The van der Waals surface area contributed by atoms with Gasteiger partial charge in [0, 0.05) is 24.4 Å². The van der Waals surface area contributed by atoms with Crippen LogP contribution < -0.4 is 10.9 Å². The van der Waals surface area contributed by atoms with Crippen molar-refractivity contribution in [1.29, 1.82) is 0 Å². The number of nitrogens with zero attached hydrogens (tertiary/aromatic N) is 2. The van der Waals surface area contributed by atoms with Crippen molar-refractivity contribution in [3.63, 3.8) is 0 Å². The van der Waals surface area contributed by atoms with Gasteiger partial charge >= 0.3 is 0 Å². The Kier molecular flexibility index (Phi) is 5.18. The van der Waals surface area contributed by atoms with Crippen LogP contribution in [0.15, 0.2) is 29.1 Å². The van der Waals surface area contributed by atoms with Gasteiger partial charge in [0.15, 0.2) is 5.69 Å². The maximum Gasteiger partial charge on any atom is 0.274 e. The lowest BCUT2D eigenvalue weighted by atomic mass is 10.1. The van der Waals surface area contributed by atoms with E-state index >= 15 is 0 Å². The largest absolute Gasteiger partial charge is 0.393 e. The highest BCUT2D eigenvalue weighted by Crippen LogP contribution is 2.24. The Morgan fingerprint density at radius 2 is 2.04 bits per heavy atom. The lowest BCUT2D eigenvalue weighted by Gasteiger charge is -2.16. The van der Waals surface area contributed by atoms with Gasteiger partial charge < -0.3 is 10.4 Å². The molecular formula is C19H25N3O3. The van der Waals surface area contributed by atoms with Gasteiger partial charge in [-0.3, -0.25) is 9.59 Å². The normalized spacial score (nSPS) is 20.3. The first-order valence-corrected chi connectivity index (χ1v) is 8.93. The standard InChI is InChI=1S/C19H25N3O3/c1-12(2)11-22-19(25)15-8-4-3-7-14(15)17(21-22)18(24)20-10-13-6-5-9-16(13)23/h3-4,7-8,12-13,16,23H,5-6,9-11H2,1-2H3,(H,20,24). The summed E-state index contributed by atoms with van der Waals surface area (Å²) >= 11 is 0. The zero-order chi connectivity index (χ0) is 18.0. The molecule has 1 saturated carbocycles. The minimum Gasteiger partial charge on any atom is -0.393 e. The fraction of sp³-hybridized carbons (Fsp3) is 0.526. The van der Waals surface area contributed by atoms with E-state index in [2.05, 4.69) is 10.4 Å². The molecule has 6 nitrogen and oxygen atoms in total. The van der Waals surface area contributed by atoms with E-state index in [1.54, 1.807) is 24.3 Å². The topological polar surface area (TPSA) is 84.2 Å². The van der Waals surface area contributed by atoms with Gasteiger partial charge in [-0.05, 0) is 24.8 Å². The summed E-state index contributed by atoms with van der Waals surface area (Å²) in [6.07, 6.45) is 2.35. The molecule has 2 unspecified atom stereocenters. The number of hydrogen-bond donors (Lipinski definition) is 2. The van der Waals surface area contributed by atoms with Gasteiger partial charge in [-0.15, -0.1) is 0 Å². The smallest absolute Gasteiger partial charge is 0.274 e. The second-order valence-corrected chi connectivity index (χ2v) is 7.24. The molecule has 2 aromatic rings. The second-order valence-electron chi connectivity index (χ2n) is 7.24. The fourth-order valence-electron chi connectivity index (χ4n) is 3.44. The number of aliphatic hydroxyl groups excluding tert-OH is 1. The highest BCUT2D eigenvalue weighted by Gasteiger charge is 2.26. The molecule has 134 valence electrons. The maximum absolute atomic E-state index is 12.7. The van der Waals surface area contributed by atoms with Crippen LogP contribution in [-0.4, -0.2) is 33.4 Å². The lowest BCUT2D eigenvalue weighted by Crippen LogP contribution is -2.35. The number of carbonyl (C=O) groups excluding carboxylic acids is 1. The molecule has 0 radical (unpaired) electrons. The van der Waals surface area contributed by atoms with Gasteiger partial charge in [-0.1, -0.05) is 38.5 Å². The molecule has 1 aliphatic rings. The van der Waals surface area contributed by atoms with Gasteiger partial charge in [0.05, 0.1) is 11.5 Å². The first-order valence-electron chi connectivity index (χ1n) is 8.93. The lowest BCUT2D eigenvalue weighted by molar-refractivity contribution is 0.0911. The van der Waals surface area contributed by atoms with Gasteiger partial charge in [-0.25, -0.2) is 4.68 Å².